The zero-order chi connectivity index (χ0) is 16.2. The summed E-state index contributed by atoms with van der Waals surface area (Å²) in [4.78, 5) is 8.37. The highest BCUT2D eigenvalue weighted by Crippen LogP contribution is 2.25. The van der Waals surface area contributed by atoms with Gasteiger partial charge in [0.25, 0.3) is 0 Å². The summed E-state index contributed by atoms with van der Waals surface area (Å²) < 4.78 is 0. The summed E-state index contributed by atoms with van der Waals surface area (Å²) >= 11 is 0. The van der Waals surface area contributed by atoms with Gasteiger partial charge in [0.1, 0.15) is 12.0 Å². The van der Waals surface area contributed by atoms with Crippen molar-refractivity contribution < 1.29 is 0 Å². The van der Waals surface area contributed by atoms with Gasteiger partial charge in [-0.1, -0.05) is 19.1 Å². The number of aryl methyl sites for hydroxylation is 1. The Balaban J connectivity index is 2.13. The fourth-order valence-electron chi connectivity index (χ4n) is 1.80. The van der Waals surface area contributed by atoms with Crippen molar-refractivity contribution in [2.45, 2.75) is 39.7 Å². The molecular formula is C16H24N6. The monoisotopic (exact) mass is 300 g/mol. The maximum Gasteiger partial charge on any atom is 0.169 e. The molecule has 22 heavy (non-hydrogen) atoms. The number of rotatable bonds is 5. The largest absolute Gasteiger partial charge is 0.393 e. The molecule has 5 N–H and O–H groups in total. The lowest BCUT2D eigenvalue weighted by Gasteiger charge is -2.22. The van der Waals surface area contributed by atoms with Crippen LogP contribution in [0.2, 0.25) is 0 Å². The molecule has 0 saturated carbocycles. The third kappa shape index (κ3) is 4.33. The van der Waals surface area contributed by atoms with Crippen molar-refractivity contribution in [3.8, 4) is 0 Å². The molecule has 0 atom stereocenters. The molecule has 0 radical (unpaired) electrons. The van der Waals surface area contributed by atoms with Crippen LogP contribution in [0, 0.1) is 0 Å². The van der Waals surface area contributed by atoms with Crippen molar-refractivity contribution in [1.29, 1.82) is 0 Å². The van der Waals surface area contributed by atoms with Gasteiger partial charge in [-0.25, -0.2) is 15.4 Å². The van der Waals surface area contributed by atoms with Crippen molar-refractivity contribution in [2.24, 2.45) is 0 Å². The number of nitrogens with two attached hydrogens (primary N) is 1. The number of nitrogen functional groups attached to an aromatic ring is 1. The maximum absolute atomic E-state index is 6.13. The molecule has 0 unspecified atom stereocenters. The van der Waals surface area contributed by atoms with Gasteiger partial charge < -0.3 is 16.5 Å². The van der Waals surface area contributed by atoms with E-state index in [2.05, 4.69) is 45.2 Å². The number of hydrogen-bond donors (Lipinski definition) is 4. The standard InChI is InChI=1S/C16H24N6/c1-5-11-6-8-12(9-7-11)20-14-13(17)15(19-10-18-14)21-22-16(2,3)4/h6-10,22H,5,17H2,1-4H3,(H2,18,19,20,21). The normalized spacial score (nSPS) is 11.3. The lowest BCUT2D eigenvalue weighted by Crippen LogP contribution is -2.40. The molecular weight excluding hydrogens is 276 g/mol. The minimum Gasteiger partial charge on any atom is -0.393 e. The highest BCUT2D eigenvalue weighted by Gasteiger charge is 2.12. The van der Waals surface area contributed by atoms with Gasteiger partial charge in [-0.3, -0.25) is 0 Å². The first-order valence-corrected chi connectivity index (χ1v) is 7.38. The minimum absolute atomic E-state index is 0.0963. The van der Waals surface area contributed by atoms with Gasteiger partial charge in [0.05, 0.1) is 0 Å². The Morgan fingerprint density at radius 3 is 2.27 bits per heavy atom. The van der Waals surface area contributed by atoms with E-state index in [-0.39, 0.29) is 5.54 Å². The first-order chi connectivity index (χ1) is 10.4. The number of anilines is 4. The molecule has 2 rings (SSSR count). The molecule has 0 aliphatic rings. The van der Waals surface area contributed by atoms with E-state index in [0.29, 0.717) is 17.3 Å². The Hall–Kier alpha value is -2.34. The van der Waals surface area contributed by atoms with E-state index >= 15 is 0 Å². The Bertz CT molecular complexity index is 616. The smallest absolute Gasteiger partial charge is 0.169 e. The zero-order valence-corrected chi connectivity index (χ0v) is 13.6. The fraction of sp³-hybridized carbons (Fsp3) is 0.375. The van der Waals surface area contributed by atoms with Crippen LogP contribution in [0.25, 0.3) is 0 Å². The predicted molar refractivity (Wildman–Crippen MR) is 92.1 cm³/mol. The fourth-order valence-corrected chi connectivity index (χ4v) is 1.80. The Morgan fingerprint density at radius 2 is 1.68 bits per heavy atom. The zero-order valence-electron chi connectivity index (χ0n) is 13.6. The number of nitrogens with zero attached hydrogens (tertiary/aromatic N) is 2. The summed E-state index contributed by atoms with van der Waals surface area (Å²) in [6.45, 7) is 8.27. The van der Waals surface area contributed by atoms with Crippen molar-refractivity contribution in [2.75, 3.05) is 16.5 Å². The van der Waals surface area contributed by atoms with E-state index in [1.54, 1.807) is 0 Å². The highest BCUT2D eigenvalue weighted by atomic mass is 15.4. The first kappa shape index (κ1) is 16.0. The van der Waals surface area contributed by atoms with E-state index in [0.717, 1.165) is 12.1 Å². The number of aromatic nitrogens is 2. The van der Waals surface area contributed by atoms with E-state index in [1.165, 1.54) is 11.9 Å². The van der Waals surface area contributed by atoms with Gasteiger partial charge in [0, 0.05) is 11.2 Å². The molecule has 1 aromatic carbocycles. The molecule has 0 bridgehead atoms. The molecule has 0 fully saturated rings. The second kappa shape index (κ2) is 6.62. The SMILES string of the molecule is CCc1ccc(Nc2ncnc(NNC(C)(C)C)c2N)cc1. The molecule has 1 heterocycles. The van der Waals surface area contributed by atoms with Crippen LogP contribution in [0.15, 0.2) is 30.6 Å². The van der Waals surface area contributed by atoms with E-state index in [4.69, 9.17) is 5.73 Å². The summed E-state index contributed by atoms with van der Waals surface area (Å²) in [6, 6.07) is 8.20. The van der Waals surface area contributed by atoms with Crippen LogP contribution in [0.5, 0.6) is 0 Å². The first-order valence-electron chi connectivity index (χ1n) is 7.38. The summed E-state index contributed by atoms with van der Waals surface area (Å²) in [7, 11) is 0. The molecule has 0 aliphatic heterocycles. The van der Waals surface area contributed by atoms with Gasteiger partial charge in [0.15, 0.2) is 11.6 Å². The van der Waals surface area contributed by atoms with E-state index in [1.807, 2.05) is 32.9 Å². The summed E-state index contributed by atoms with van der Waals surface area (Å²) in [6.07, 6.45) is 2.49. The van der Waals surface area contributed by atoms with Gasteiger partial charge in [-0.05, 0) is 44.9 Å². The van der Waals surface area contributed by atoms with E-state index in [9.17, 15) is 0 Å². The molecule has 0 spiro atoms. The average Bonchev–Trinajstić information content (AvgIpc) is 2.48. The Labute approximate surface area is 131 Å². The number of hydrogen-bond acceptors (Lipinski definition) is 6. The lowest BCUT2D eigenvalue weighted by atomic mass is 10.1. The number of hydrazine groups is 1. The molecule has 0 amide bonds. The maximum atomic E-state index is 6.13. The summed E-state index contributed by atoms with van der Waals surface area (Å²) in [5.74, 6) is 1.13. The van der Waals surface area contributed by atoms with E-state index < -0.39 is 0 Å². The van der Waals surface area contributed by atoms with Crippen molar-refractivity contribution >= 4 is 23.0 Å². The van der Waals surface area contributed by atoms with Crippen LogP contribution in [0.4, 0.5) is 23.0 Å². The highest BCUT2D eigenvalue weighted by molar-refractivity contribution is 5.77. The van der Waals surface area contributed by atoms with Crippen LogP contribution < -0.4 is 21.9 Å². The predicted octanol–water partition coefficient (Wildman–Crippen LogP) is 3.08. The summed E-state index contributed by atoms with van der Waals surface area (Å²) in [5, 5.41) is 3.22. The Morgan fingerprint density at radius 1 is 1.05 bits per heavy atom. The van der Waals surface area contributed by atoms with Gasteiger partial charge >= 0.3 is 0 Å². The third-order valence-electron chi connectivity index (χ3n) is 3.06. The molecule has 0 aliphatic carbocycles. The van der Waals surface area contributed by atoms with Gasteiger partial charge in [-0.2, -0.15) is 0 Å². The number of nitrogens with one attached hydrogen (secondary N) is 3. The second-order valence-corrected chi connectivity index (χ2v) is 6.16. The molecule has 0 saturated heterocycles. The van der Waals surface area contributed by atoms with Gasteiger partial charge in [0.2, 0.25) is 0 Å². The van der Waals surface area contributed by atoms with Crippen LogP contribution in [-0.2, 0) is 6.42 Å². The van der Waals surface area contributed by atoms with Crippen molar-refractivity contribution in [3.63, 3.8) is 0 Å². The Kier molecular flexibility index (Phi) is 4.82. The quantitative estimate of drug-likeness (QED) is 0.635. The molecule has 6 heteroatoms. The summed E-state index contributed by atoms with van der Waals surface area (Å²) in [5.41, 5.74) is 14.9. The lowest BCUT2D eigenvalue weighted by molar-refractivity contribution is 0.464. The van der Waals surface area contributed by atoms with Crippen LogP contribution in [0.3, 0.4) is 0 Å². The van der Waals surface area contributed by atoms with Crippen molar-refractivity contribution in [1.82, 2.24) is 15.4 Å². The molecule has 6 nitrogen and oxygen atoms in total. The third-order valence-corrected chi connectivity index (χ3v) is 3.06. The minimum atomic E-state index is -0.0963. The van der Waals surface area contributed by atoms with Crippen molar-refractivity contribution in [3.05, 3.63) is 36.2 Å². The topological polar surface area (TPSA) is 87.9 Å². The molecule has 1 aromatic heterocycles. The molecule has 118 valence electrons. The van der Waals surface area contributed by atoms with Crippen LogP contribution >= 0.6 is 0 Å². The van der Waals surface area contributed by atoms with Gasteiger partial charge in [-0.15, -0.1) is 0 Å². The second-order valence-electron chi connectivity index (χ2n) is 6.16. The van der Waals surface area contributed by atoms with Crippen LogP contribution in [-0.4, -0.2) is 15.5 Å². The molecule has 2 aromatic rings. The average molecular weight is 300 g/mol. The van der Waals surface area contributed by atoms with Crippen LogP contribution in [0.1, 0.15) is 33.3 Å². The number of benzene rings is 1.